The summed E-state index contributed by atoms with van der Waals surface area (Å²) in [6.45, 7) is 2.26. The summed E-state index contributed by atoms with van der Waals surface area (Å²) < 4.78 is 41.0. The minimum absolute atomic E-state index is 0.212. The van der Waals surface area contributed by atoms with Crippen LogP contribution in [0.2, 0.25) is 0 Å². The standard InChI is InChI=1S/C30H26F3N7O2/c1-2-4-23(41)40-16-19-5-3-6-21(19)25(40)28-38-24(26-27(34)36-13-14-39(26)28)17-7-9-18(10-8-17)29(42)37-22-15-20(11-12-35-22)30(31,32)33/h7-15,19,21,25H,3,5-6,16H2,1H3,(H2,34,36)(H,35,37,42)/t19?,21?,25-/m0/s1. The molecule has 1 aliphatic heterocycles. The molecule has 0 bridgehead atoms. The number of imidazole rings is 1. The Hall–Kier alpha value is -4.92. The van der Waals surface area contributed by atoms with Crippen LogP contribution in [0.5, 0.6) is 0 Å². The number of benzene rings is 1. The van der Waals surface area contributed by atoms with Crippen molar-refractivity contribution in [3.8, 4) is 23.1 Å². The van der Waals surface area contributed by atoms with E-state index in [-0.39, 0.29) is 35.1 Å². The van der Waals surface area contributed by atoms with Crippen LogP contribution in [-0.4, -0.2) is 42.6 Å². The zero-order valence-corrected chi connectivity index (χ0v) is 22.5. The average molecular weight is 574 g/mol. The number of likely N-dealkylation sites (tertiary alicyclic amines) is 1. The first-order valence-electron chi connectivity index (χ1n) is 13.5. The average Bonchev–Trinajstić information content (AvgIpc) is 3.67. The van der Waals surface area contributed by atoms with Crippen LogP contribution in [0.25, 0.3) is 16.8 Å². The molecule has 4 aromatic rings. The lowest BCUT2D eigenvalue weighted by molar-refractivity contribution is -0.137. The summed E-state index contributed by atoms with van der Waals surface area (Å²) >= 11 is 0. The molecular weight excluding hydrogens is 547 g/mol. The third kappa shape index (κ3) is 4.81. The topological polar surface area (TPSA) is 119 Å². The van der Waals surface area contributed by atoms with Crippen LogP contribution in [0.1, 0.15) is 54.0 Å². The molecule has 9 nitrogen and oxygen atoms in total. The van der Waals surface area contributed by atoms with Crippen molar-refractivity contribution in [2.24, 2.45) is 11.8 Å². The molecule has 42 heavy (non-hydrogen) atoms. The number of carbonyl (C=O) groups excluding carboxylic acids is 2. The highest BCUT2D eigenvalue weighted by Crippen LogP contribution is 2.50. The monoisotopic (exact) mass is 573 g/mol. The number of hydrogen-bond acceptors (Lipinski definition) is 6. The SMILES string of the molecule is CC#CC(=O)N1CC2CCCC2[C@H]1c1nc(-c2ccc(C(=O)Nc3cc(C(F)(F)F)ccn3)cc2)c2c(N)nccn12. The first-order chi connectivity index (χ1) is 20.2. The third-order valence-electron chi connectivity index (χ3n) is 8.01. The lowest BCUT2D eigenvalue weighted by Crippen LogP contribution is -2.32. The first kappa shape index (κ1) is 27.3. The molecule has 2 amide bonds. The highest BCUT2D eigenvalue weighted by molar-refractivity contribution is 6.04. The number of aromatic nitrogens is 4. The molecular formula is C30H26F3N7O2. The number of nitrogen functional groups attached to an aromatic ring is 1. The van der Waals surface area contributed by atoms with E-state index in [9.17, 15) is 22.8 Å². The summed E-state index contributed by atoms with van der Waals surface area (Å²) in [6, 6.07) is 7.80. The summed E-state index contributed by atoms with van der Waals surface area (Å²) in [7, 11) is 0. The largest absolute Gasteiger partial charge is 0.416 e. The van der Waals surface area contributed by atoms with Crippen LogP contribution < -0.4 is 11.1 Å². The minimum atomic E-state index is -4.56. The zero-order valence-electron chi connectivity index (χ0n) is 22.5. The van der Waals surface area contributed by atoms with E-state index in [1.807, 2.05) is 9.30 Å². The Morgan fingerprint density at radius 1 is 1.10 bits per heavy atom. The normalized spacial score (nSPS) is 19.8. The molecule has 6 rings (SSSR count). The lowest BCUT2D eigenvalue weighted by Gasteiger charge is -2.25. The van der Waals surface area contributed by atoms with Gasteiger partial charge in [-0.2, -0.15) is 13.2 Å². The van der Waals surface area contributed by atoms with Gasteiger partial charge in [-0.15, -0.1) is 0 Å². The van der Waals surface area contributed by atoms with Crippen molar-refractivity contribution in [2.45, 2.75) is 38.4 Å². The van der Waals surface area contributed by atoms with Crippen LogP contribution in [0.4, 0.5) is 24.8 Å². The number of rotatable bonds is 4. The number of fused-ring (bicyclic) bond motifs is 2. The molecule has 0 radical (unpaired) electrons. The summed E-state index contributed by atoms with van der Waals surface area (Å²) in [6.07, 6.45) is 2.91. The minimum Gasteiger partial charge on any atom is -0.382 e. The summed E-state index contributed by atoms with van der Waals surface area (Å²) in [4.78, 5) is 40.7. The summed E-state index contributed by atoms with van der Waals surface area (Å²) in [5.74, 6) is 5.89. The van der Waals surface area contributed by atoms with E-state index in [1.54, 1.807) is 43.6 Å². The van der Waals surface area contributed by atoms with Crippen molar-refractivity contribution >= 4 is 29.0 Å². The maximum Gasteiger partial charge on any atom is 0.416 e. The molecule has 1 saturated heterocycles. The molecule has 2 aliphatic rings. The molecule has 12 heteroatoms. The number of pyridine rings is 1. The molecule has 2 fully saturated rings. The quantitative estimate of drug-likeness (QED) is 0.333. The fraction of sp³-hybridized carbons (Fsp3) is 0.300. The number of amides is 2. The van der Waals surface area contributed by atoms with Gasteiger partial charge in [0.1, 0.15) is 28.7 Å². The number of alkyl halides is 3. The van der Waals surface area contributed by atoms with Gasteiger partial charge in [-0.1, -0.05) is 24.5 Å². The first-order valence-corrected chi connectivity index (χ1v) is 13.5. The number of carbonyl (C=O) groups is 2. The van der Waals surface area contributed by atoms with Gasteiger partial charge in [0.25, 0.3) is 11.8 Å². The van der Waals surface area contributed by atoms with Crippen LogP contribution in [0.15, 0.2) is 55.0 Å². The molecule has 0 spiro atoms. The molecule has 3 aromatic heterocycles. The number of nitrogens with one attached hydrogen (secondary N) is 1. The van der Waals surface area contributed by atoms with Crippen LogP contribution in [0.3, 0.4) is 0 Å². The Kier molecular flexibility index (Phi) is 6.80. The van der Waals surface area contributed by atoms with Crippen molar-refractivity contribution in [3.05, 3.63) is 71.9 Å². The van der Waals surface area contributed by atoms with Crippen molar-refractivity contribution in [3.63, 3.8) is 0 Å². The molecule has 214 valence electrons. The maximum atomic E-state index is 13.0. The molecule has 3 N–H and O–H groups in total. The van der Waals surface area contributed by atoms with Gasteiger partial charge in [0.05, 0.1) is 11.6 Å². The molecule has 3 atom stereocenters. The van der Waals surface area contributed by atoms with Crippen molar-refractivity contribution in [1.82, 2.24) is 24.3 Å². The van der Waals surface area contributed by atoms with E-state index in [1.165, 1.54) is 0 Å². The number of nitrogens with two attached hydrogens (primary N) is 1. The Labute approximate surface area is 239 Å². The second-order valence-electron chi connectivity index (χ2n) is 10.4. The molecule has 1 aromatic carbocycles. The lowest BCUT2D eigenvalue weighted by atomic mass is 9.93. The Morgan fingerprint density at radius 2 is 1.88 bits per heavy atom. The van der Waals surface area contributed by atoms with E-state index in [0.717, 1.165) is 37.6 Å². The van der Waals surface area contributed by atoms with Crippen molar-refractivity contribution in [2.75, 3.05) is 17.6 Å². The number of halogens is 3. The highest BCUT2D eigenvalue weighted by Gasteiger charge is 2.48. The van der Waals surface area contributed by atoms with E-state index in [2.05, 4.69) is 27.1 Å². The smallest absolute Gasteiger partial charge is 0.382 e. The van der Waals surface area contributed by atoms with E-state index in [4.69, 9.17) is 10.7 Å². The fourth-order valence-electron chi connectivity index (χ4n) is 6.16. The number of anilines is 2. The van der Waals surface area contributed by atoms with Gasteiger partial charge < -0.3 is 16.0 Å². The second kappa shape index (κ2) is 10.5. The summed E-state index contributed by atoms with van der Waals surface area (Å²) in [5.41, 5.74) is 7.41. The molecule has 1 saturated carbocycles. The van der Waals surface area contributed by atoms with Crippen LogP contribution in [0, 0.1) is 23.7 Å². The van der Waals surface area contributed by atoms with Gasteiger partial charge in [0.2, 0.25) is 0 Å². The van der Waals surface area contributed by atoms with Gasteiger partial charge in [-0.05, 0) is 61.8 Å². The zero-order chi connectivity index (χ0) is 29.6. The van der Waals surface area contributed by atoms with Gasteiger partial charge in [-0.3, -0.25) is 14.0 Å². The highest BCUT2D eigenvalue weighted by atomic mass is 19.4. The molecule has 1 aliphatic carbocycles. The Bertz CT molecular complexity index is 1750. The van der Waals surface area contributed by atoms with Gasteiger partial charge in [0.15, 0.2) is 0 Å². The Balaban J connectivity index is 1.34. The fourth-order valence-corrected chi connectivity index (χ4v) is 6.16. The van der Waals surface area contributed by atoms with E-state index < -0.39 is 17.6 Å². The molecule has 4 heterocycles. The predicted octanol–water partition coefficient (Wildman–Crippen LogP) is 4.97. The number of hydrogen-bond donors (Lipinski definition) is 2. The van der Waals surface area contributed by atoms with Crippen molar-refractivity contribution in [1.29, 1.82) is 0 Å². The summed E-state index contributed by atoms with van der Waals surface area (Å²) in [5, 5.41) is 2.41. The van der Waals surface area contributed by atoms with Gasteiger partial charge in [0, 0.05) is 36.3 Å². The van der Waals surface area contributed by atoms with E-state index in [0.29, 0.717) is 35.1 Å². The van der Waals surface area contributed by atoms with Crippen LogP contribution >= 0.6 is 0 Å². The number of nitrogens with zero attached hydrogens (tertiary/aromatic N) is 5. The van der Waals surface area contributed by atoms with Gasteiger partial charge in [-0.25, -0.2) is 15.0 Å². The van der Waals surface area contributed by atoms with Crippen LogP contribution in [-0.2, 0) is 11.0 Å². The van der Waals surface area contributed by atoms with Gasteiger partial charge >= 0.3 is 6.18 Å². The third-order valence-corrected chi connectivity index (χ3v) is 8.01. The van der Waals surface area contributed by atoms with Crippen molar-refractivity contribution < 1.29 is 22.8 Å². The predicted molar refractivity (Wildman–Crippen MR) is 149 cm³/mol. The second-order valence-corrected chi connectivity index (χ2v) is 10.4. The van der Waals surface area contributed by atoms with E-state index >= 15 is 0 Å². The Morgan fingerprint density at radius 3 is 2.62 bits per heavy atom. The molecule has 2 unspecified atom stereocenters. The maximum absolute atomic E-state index is 13.0.